The summed E-state index contributed by atoms with van der Waals surface area (Å²) < 4.78 is 7.32. The lowest BCUT2D eigenvalue weighted by Gasteiger charge is -2.11. The van der Waals surface area contributed by atoms with Gasteiger partial charge in [-0.05, 0) is 70.4 Å². The van der Waals surface area contributed by atoms with E-state index in [0.717, 1.165) is 53.3 Å². The molecule has 0 saturated carbocycles. The van der Waals surface area contributed by atoms with Gasteiger partial charge in [-0.2, -0.15) is 0 Å². The Bertz CT molecular complexity index is 941. The molecule has 148 valence electrons. The molecule has 3 rings (SSSR count). The van der Waals surface area contributed by atoms with Crippen LogP contribution in [0.2, 0.25) is 0 Å². The fraction of sp³-hybridized carbons (Fsp3) is 0.364. The van der Waals surface area contributed by atoms with Crippen molar-refractivity contribution in [3.63, 3.8) is 0 Å². The van der Waals surface area contributed by atoms with Crippen LogP contribution in [-0.4, -0.2) is 29.1 Å². The van der Waals surface area contributed by atoms with Crippen molar-refractivity contribution in [2.45, 2.75) is 40.0 Å². The molecule has 0 fully saturated rings. The average molecular weight is 398 g/mol. The van der Waals surface area contributed by atoms with Gasteiger partial charge in [0.25, 0.3) is 5.91 Å². The van der Waals surface area contributed by atoms with Crippen LogP contribution in [0.4, 0.5) is 0 Å². The molecular formula is C22H27N3O2S. The highest BCUT2D eigenvalue weighted by Gasteiger charge is 2.16. The molecule has 3 aromatic rings. The largest absolute Gasteiger partial charge is 0.497 e. The Kier molecular flexibility index (Phi) is 6.52. The first kappa shape index (κ1) is 20.1. The quantitative estimate of drug-likeness (QED) is 0.564. The van der Waals surface area contributed by atoms with Crippen molar-refractivity contribution in [2.24, 2.45) is 0 Å². The number of nitrogens with one attached hydrogen (secondary N) is 1. The Hall–Kier alpha value is -2.60. The number of nitrogens with zero attached hydrogens (tertiary/aromatic N) is 2. The number of ether oxygens (including phenoxy) is 1. The topological polar surface area (TPSA) is 56.1 Å². The maximum atomic E-state index is 12.6. The third-order valence-corrected chi connectivity index (χ3v) is 5.80. The van der Waals surface area contributed by atoms with E-state index in [4.69, 9.17) is 4.74 Å². The van der Waals surface area contributed by atoms with Crippen molar-refractivity contribution in [1.29, 1.82) is 0 Å². The van der Waals surface area contributed by atoms with E-state index in [-0.39, 0.29) is 5.91 Å². The summed E-state index contributed by atoms with van der Waals surface area (Å²) in [6.45, 7) is 6.69. The van der Waals surface area contributed by atoms with E-state index < -0.39 is 0 Å². The van der Waals surface area contributed by atoms with Crippen molar-refractivity contribution in [1.82, 2.24) is 14.9 Å². The Morgan fingerprint density at radius 2 is 1.93 bits per heavy atom. The van der Waals surface area contributed by atoms with Gasteiger partial charge in [0.2, 0.25) is 0 Å². The normalized spacial score (nSPS) is 10.9. The fourth-order valence-electron chi connectivity index (χ4n) is 3.34. The van der Waals surface area contributed by atoms with Gasteiger partial charge in [-0.1, -0.05) is 0 Å². The molecule has 1 N–H and O–H groups in total. The molecule has 1 amide bonds. The van der Waals surface area contributed by atoms with E-state index in [0.29, 0.717) is 6.54 Å². The predicted octanol–water partition coefficient (Wildman–Crippen LogP) is 4.62. The Balaban J connectivity index is 1.57. The van der Waals surface area contributed by atoms with Crippen LogP contribution in [0, 0.1) is 20.8 Å². The highest BCUT2D eigenvalue weighted by atomic mass is 32.1. The molecule has 0 bridgehead atoms. The number of rotatable bonds is 8. The summed E-state index contributed by atoms with van der Waals surface area (Å²) in [6.07, 6.45) is 2.94. The van der Waals surface area contributed by atoms with E-state index in [1.54, 1.807) is 18.4 Å². The van der Waals surface area contributed by atoms with Crippen LogP contribution in [0.5, 0.6) is 5.75 Å². The van der Waals surface area contributed by atoms with Gasteiger partial charge in [0.15, 0.2) is 0 Å². The zero-order chi connectivity index (χ0) is 20.1. The fourth-order valence-corrected chi connectivity index (χ4v) is 4.16. The van der Waals surface area contributed by atoms with Gasteiger partial charge in [-0.25, -0.2) is 4.98 Å². The van der Waals surface area contributed by atoms with Crippen LogP contribution < -0.4 is 10.1 Å². The lowest BCUT2D eigenvalue weighted by molar-refractivity contribution is 0.0952. The first-order chi connectivity index (χ1) is 13.5. The molecule has 1 aromatic carbocycles. The first-order valence-corrected chi connectivity index (χ1v) is 10.4. The van der Waals surface area contributed by atoms with E-state index in [2.05, 4.69) is 20.2 Å². The summed E-state index contributed by atoms with van der Waals surface area (Å²) in [6, 6.07) is 9.81. The molecule has 0 aliphatic rings. The maximum absolute atomic E-state index is 12.6. The molecule has 2 aromatic heterocycles. The summed E-state index contributed by atoms with van der Waals surface area (Å²) in [5.41, 5.74) is 4.81. The molecule has 0 atom stereocenters. The van der Waals surface area contributed by atoms with E-state index in [1.165, 1.54) is 5.01 Å². The smallest absolute Gasteiger partial charge is 0.253 e. The molecule has 0 spiro atoms. The van der Waals surface area contributed by atoms with E-state index in [1.807, 2.05) is 51.1 Å². The molecule has 28 heavy (non-hydrogen) atoms. The van der Waals surface area contributed by atoms with E-state index in [9.17, 15) is 4.79 Å². The molecule has 5 nitrogen and oxygen atoms in total. The Morgan fingerprint density at radius 1 is 1.18 bits per heavy atom. The Labute approximate surface area is 170 Å². The summed E-state index contributed by atoms with van der Waals surface area (Å²) in [5, 5.41) is 6.30. The van der Waals surface area contributed by atoms with Crippen LogP contribution >= 0.6 is 11.3 Å². The monoisotopic (exact) mass is 397 g/mol. The first-order valence-electron chi connectivity index (χ1n) is 9.52. The third-order valence-electron chi connectivity index (χ3n) is 4.78. The maximum Gasteiger partial charge on any atom is 0.253 e. The lowest BCUT2D eigenvalue weighted by atomic mass is 10.2. The van der Waals surface area contributed by atoms with Crippen molar-refractivity contribution < 1.29 is 9.53 Å². The number of unbranched alkanes of at least 4 members (excludes halogenated alkanes) is 1. The lowest BCUT2D eigenvalue weighted by Crippen LogP contribution is -2.25. The Morgan fingerprint density at radius 3 is 2.57 bits per heavy atom. The van der Waals surface area contributed by atoms with Crippen LogP contribution in [0.1, 0.15) is 45.3 Å². The van der Waals surface area contributed by atoms with Crippen LogP contribution in [0.15, 0.2) is 35.7 Å². The van der Waals surface area contributed by atoms with Crippen LogP contribution in [-0.2, 0) is 6.42 Å². The van der Waals surface area contributed by atoms with E-state index >= 15 is 0 Å². The number of methoxy groups -OCH3 is 1. The van der Waals surface area contributed by atoms with Crippen LogP contribution in [0.3, 0.4) is 0 Å². The number of carbonyl (C=O) groups is 1. The molecule has 0 unspecified atom stereocenters. The number of carbonyl (C=O) groups excluding carboxylic acids is 1. The molecule has 0 aliphatic heterocycles. The summed E-state index contributed by atoms with van der Waals surface area (Å²) >= 11 is 1.71. The molecule has 0 saturated heterocycles. The van der Waals surface area contributed by atoms with Gasteiger partial charge in [0, 0.05) is 34.7 Å². The minimum Gasteiger partial charge on any atom is -0.497 e. The van der Waals surface area contributed by atoms with Gasteiger partial charge >= 0.3 is 0 Å². The number of benzene rings is 1. The standard InChI is InChI=1S/C22H27N3O2S/c1-15-14-28-21(24-15)7-5-6-12-23-22(26)20-13-16(2)25(17(20)3)18-8-10-19(27-4)11-9-18/h8-11,13-14H,5-7,12H2,1-4H3,(H,23,26). The second kappa shape index (κ2) is 9.06. The van der Waals surface area contributed by atoms with Gasteiger partial charge < -0.3 is 14.6 Å². The SMILES string of the molecule is COc1ccc(-n2c(C)cc(C(=O)NCCCCc3nc(C)cs3)c2C)cc1. The molecule has 0 aliphatic carbocycles. The minimum atomic E-state index is -0.0158. The number of hydrogen-bond acceptors (Lipinski definition) is 4. The van der Waals surface area contributed by atoms with Crippen molar-refractivity contribution >= 4 is 17.2 Å². The van der Waals surface area contributed by atoms with Crippen LogP contribution in [0.25, 0.3) is 5.69 Å². The highest BCUT2D eigenvalue weighted by molar-refractivity contribution is 7.09. The van der Waals surface area contributed by atoms with Crippen molar-refractivity contribution in [3.8, 4) is 11.4 Å². The number of thiazole rings is 1. The highest BCUT2D eigenvalue weighted by Crippen LogP contribution is 2.22. The molecule has 2 heterocycles. The summed E-state index contributed by atoms with van der Waals surface area (Å²) in [5.74, 6) is 0.801. The van der Waals surface area contributed by atoms with Gasteiger partial charge in [0.05, 0.1) is 17.7 Å². The molecular weight excluding hydrogens is 370 g/mol. The second-order valence-corrected chi connectivity index (χ2v) is 7.86. The third kappa shape index (κ3) is 4.62. The average Bonchev–Trinajstić information content (AvgIpc) is 3.24. The molecule has 6 heteroatoms. The van der Waals surface area contributed by atoms with Gasteiger partial charge in [-0.3, -0.25) is 4.79 Å². The summed E-state index contributed by atoms with van der Waals surface area (Å²) in [4.78, 5) is 17.1. The van der Waals surface area contributed by atoms with Gasteiger partial charge in [-0.15, -0.1) is 11.3 Å². The molecule has 0 radical (unpaired) electrons. The predicted molar refractivity (Wildman–Crippen MR) is 114 cm³/mol. The minimum absolute atomic E-state index is 0.0158. The number of aromatic nitrogens is 2. The second-order valence-electron chi connectivity index (χ2n) is 6.91. The van der Waals surface area contributed by atoms with Gasteiger partial charge in [0.1, 0.15) is 5.75 Å². The zero-order valence-electron chi connectivity index (χ0n) is 16.9. The number of hydrogen-bond donors (Lipinski definition) is 1. The zero-order valence-corrected chi connectivity index (χ0v) is 17.7. The number of aryl methyl sites for hydroxylation is 3. The van der Waals surface area contributed by atoms with Crippen molar-refractivity contribution in [3.05, 3.63) is 63.4 Å². The summed E-state index contributed by atoms with van der Waals surface area (Å²) in [7, 11) is 1.65. The number of amides is 1. The van der Waals surface area contributed by atoms with Crippen molar-refractivity contribution in [2.75, 3.05) is 13.7 Å².